The fourth-order valence-corrected chi connectivity index (χ4v) is 5.48. The molecule has 32 heavy (non-hydrogen) atoms. The molecule has 0 saturated carbocycles. The van der Waals surface area contributed by atoms with Gasteiger partial charge in [-0.1, -0.05) is 41.7 Å². The zero-order valence-corrected chi connectivity index (χ0v) is 18.4. The third-order valence-electron chi connectivity index (χ3n) is 5.87. The maximum Gasteiger partial charge on any atom is 0.317 e. The summed E-state index contributed by atoms with van der Waals surface area (Å²) in [6, 6.07) is 11.7. The van der Waals surface area contributed by atoms with Crippen molar-refractivity contribution in [2.45, 2.75) is 18.7 Å². The molecule has 3 atom stereocenters. The number of aromatic nitrogens is 1. The quantitative estimate of drug-likeness (QED) is 0.606. The summed E-state index contributed by atoms with van der Waals surface area (Å²) in [6.45, 7) is 1.72. The van der Waals surface area contributed by atoms with Crippen LogP contribution in [0.1, 0.15) is 24.1 Å². The van der Waals surface area contributed by atoms with Crippen molar-refractivity contribution in [3.63, 3.8) is 0 Å². The summed E-state index contributed by atoms with van der Waals surface area (Å²) in [5.74, 6) is -0.518. The van der Waals surface area contributed by atoms with Gasteiger partial charge in [0.15, 0.2) is 16.3 Å². The summed E-state index contributed by atoms with van der Waals surface area (Å²) in [6.07, 6.45) is 1.60. The molecule has 1 aromatic heterocycles. The fourth-order valence-electron chi connectivity index (χ4n) is 4.39. The number of hydrogen-bond acceptors (Lipinski definition) is 8. The van der Waals surface area contributed by atoms with Crippen LogP contribution in [0.3, 0.4) is 0 Å². The molecule has 0 aliphatic carbocycles. The highest BCUT2D eigenvalue weighted by atomic mass is 32.1. The number of rotatable bonds is 3. The Hall–Kier alpha value is -3.59. The van der Waals surface area contributed by atoms with Crippen LogP contribution >= 0.6 is 11.3 Å². The first kappa shape index (κ1) is 20.3. The number of aromatic hydroxyl groups is 1. The van der Waals surface area contributed by atoms with E-state index in [2.05, 4.69) is 4.99 Å². The van der Waals surface area contributed by atoms with Gasteiger partial charge in [0.1, 0.15) is 11.7 Å². The summed E-state index contributed by atoms with van der Waals surface area (Å²) in [5, 5.41) is 10.4. The van der Waals surface area contributed by atoms with Crippen molar-refractivity contribution in [1.82, 2.24) is 4.57 Å². The van der Waals surface area contributed by atoms with Crippen LogP contribution in [0.4, 0.5) is 0 Å². The van der Waals surface area contributed by atoms with Gasteiger partial charge in [0.2, 0.25) is 5.72 Å². The lowest BCUT2D eigenvalue weighted by atomic mass is 9.81. The SMILES string of the molecule is COC(=O)[C@@H]1[C@H]2c3ccccc3O[C@]1(C)N=c1s/c(=C/c3cccc(OC)c3O)c(=O)n12. The molecule has 0 unspecified atom stereocenters. The maximum atomic E-state index is 13.5. The molecule has 164 valence electrons. The summed E-state index contributed by atoms with van der Waals surface area (Å²) in [4.78, 5) is 31.4. The van der Waals surface area contributed by atoms with Crippen molar-refractivity contribution in [2.75, 3.05) is 14.2 Å². The first-order chi connectivity index (χ1) is 15.4. The van der Waals surface area contributed by atoms with E-state index in [0.717, 1.165) is 0 Å². The highest BCUT2D eigenvalue weighted by Crippen LogP contribution is 2.47. The normalized spacial score (nSPS) is 23.4. The maximum absolute atomic E-state index is 13.5. The van der Waals surface area contributed by atoms with Crippen molar-refractivity contribution < 1.29 is 24.1 Å². The Labute approximate surface area is 186 Å². The van der Waals surface area contributed by atoms with Crippen LogP contribution in [-0.4, -0.2) is 35.6 Å². The number of carbonyl (C=O) groups excluding carboxylic acids is 1. The molecule has 5 rings (SSSR count). The van der Waals surface area contributed by atoms with Gasteiger partial charge in [0, 0.05) is 11.1 Å². The molecule has 2 bridgehead atoms. The first-order valence-corrected chi connectivity index (χ1v) is 10.7. The van der Waals surface area contributed by atoms with E-state index >= 15 is 0 Å². The van der Waals surface area contributed by atoms with Crippen LogP contribution in [0.5, 0.6) is 17.2 Å². The average molecular weight is 452 g/mol. The fraction of sp³-hybridized carbons (Fsp3) is 0.261. The van der Waals surface area contributed by atoms with Gasteiger partial charge in [-0.25, -0.2) is 4.99 Å². The second kappa shape index (κ2) is 7.23. The number of para-hydroxylation sites is 2. The van der Waals surface area contributed by atoms with Gasteiger partial charge in [-0.2, -0.15) is 0 Å². The van der Waals surface area contributed by atoms with Crippen molar-refractivity contribution in [2.24, 2.45) is 10.9 Å². The number of esters is 1. The Morgan fingerprint density at radius 3 is 2.78 bits per heavy atom. The highest BCUT2D eigenvalue weighted by molar-refractivity contribution is 7.07. The molecule has 0 radical (unpaired) electrons. The standard InChI is InChI=1S/C23H20N2O6S/c1-23-17(21(28)30-3)18(13-8-4-5-9-14(13)31-23)25-20(27)16(32-22(25)24-23)11-12-7-6-10-15(29-2)19(12)26/h4-11,17-18,26H,1-3H3/b16-11+/t17-,18+,23-/m0/s1. The van der Waals surface area contributed by atoms with E-state index in [-0.39, 0.29) is 11.3 Å². The molecule has 2 aliphatic rings. The topological polar surface area (TPSA) is 99.4 Å². The molecule has 2 aromatic carbocycles. The third kappa shape index (κ3) is 2.85. The smallest absolute Gasteiger partial charge is 0.317 e. The van der Waals surface area contributed by atoms with E-state index in [1.54, 1.807) is 37.3 Å². The van der Waals surface area contributed by atoms with Crippen LogP contribution in [-0.2, 0) is 9.53 Å². The first-order valence-electron chi connectivity index (χ1n) is 9.92. The number of phenols is 1. The number of thiazole rings is 1. The van der Waals surface area contributed by atoms with Gasteiger partial charge in [-0.3, -0.25) is 14.2 Å². The Balaban J connectivity index is 1.79. The van der Waals surface area contributed by atoms with E-state index in [1.807, 2.05) is 18.2 Å². The number of carbonyl (C=O) groups is 1. The minimum Gasteiger partial charge on any atom is -0.504 e. The van der Waals surface area contributed by atoms with Crippen LogP contribution in [0.15, 0.2) is 52.3 Å². The molecular formula is C23H20N2O6S. The van der Waals surface area contributed by atoms with E-state index in [1.165, 1.54) is 30.1 Å². The van der Waals surface area contributed by atoms with Gasteiger partial charge in [0.05, 0.1) is 24.8 Å². The van der Waals surface area contributed by atoms with Crippen LogP contribution in [0.2, 0.25) is 0 Å². The van der Waals surface area contributed by atoms with Crippen molar-refractivity contribution in [3.8, 4) is 17.2 Å². The zero-order valence-electron chi connectivity index (χ0n) is 17.6. The zero-order chi connectivity index (χ0) is 22.6. The van der Waals surface area contributed by atoms with E-state index in [9.17, 15) is 14.7 Å². The van der Waals surface area contributed by atoms with E-state index in [0.29, 0.717) is 32.0 Å². The minimum absolute atomic E-state index is 0.0606. The molecule has 0 amide bonds. The second-order valence-electron chi connectivity index (χ2n) is 7.72. The molecule has 0 spiro atoms. The molecular weight excluding hydrogens is 432 g/mol. The lowest BCUT2D eigenvalue weighted by Gasteiger charge is -2.44. The Morgan fingerprint density at radius 1 is 1.25 bits per heavy atom. The van der Waals surface area contributed by atoms with Crippen molar-refractivity contribution in [1.29, 1.82) is 0 Å². The molecule has 2 aliphatic heterocycles. The summed E-state index contributed by atoms with van der Waals surface area (Å²) in [7, 11) is 2.77. The lowest BCUT2D eigenvalue weighted by molar-refractivity contribution is -0.158. The van der Waals surface area contributed by atoms with Gasteiger partial charge in [-0.15, -0.1) is 0 Å². The number of nitrogens with zero attached hydrogens (tertiary/aromatic N) is 2. The largest absolute Gasteiger partial charge is 0.504 e. The van der Waals surface area contributed by atoms with E-state index < -0.39 is 23.7 Å². The van der Waals surface area contributed by atoms with Gasteiger partial charge < -0.3 is 19.3 Å². The summed E-state index contributed by atoms with van der Waals surface area (Å²) >= 11 is 1.17. The van der Waals surface area contributed by atoms with E-state index in [4.69, 9.17) is 14.2 Å². The van der Waals surface area contributed by atoms with Crippen molar-refractivity contribution in [3.05, 3.63) is 73.3 Å². The lowest BCUT2D eigenvalue weighted by Crippen LogP contribution is -2.58. The molecule has 9 heteroatoms. The van der Waals surface area contributed by atoms with Gasteiger partial charge in [0.25, 0.3) is 5.56 Å². The predicted octanol–water partition coefficient (Wildman–Crippen LogP) is 1.57. The molecule has 0 fully saturated rings. The second-order valence-corrected chi connectivity index (χ2v) is 8.73. The average Bonchev–Trinajstić information content (AvgIpc) is 3.07. The monoisotopic (exact) mass is 452 g/mol. The Kier molecular flexibility index (Phi) is 4.59. The number of phenolic OH excluding ortho intramolecular Hbond substituents is 1. The minimum atomic E-state index is -1.22. The third-order valence-corrected chi connectivity index (χ3v) is 6.85. The molecule has 8 nitrogen and oxygen atoms in total. The molecule has 0 saturated heterocycles. The molecule has 3 aromatic rings. The highest BCUT2D eigenvalue weighted by Gasteiger charge is 2.55. The summed E-state index contributed by atoms with van der Waals surface area (Å²) in [5.41, 5.74) is -0.379. The number of benzene rings is 2. The molecule has 3 heterocycles. The van der Waals surface area contributed by atoms with Gasteiger partial charge in [-0.05, 0) is 25.1 Å². The molecule has 1 N–H and O–H groups in total. The summed E-state index contributed by atoms with van der Waals surface area (Å²) < 4.78 is 18.3. The number of ether oxygens (including phenoxy) is 3. The van der Waals surface area contributed by atoms with Crippen LogP contribution < -0.4 is 24.4 Å². The van der Waals surface area contributed by atoms with Crippen LogP contribution in [0, 0.1) is 5.92 Å². The number of methoxy groups -OCH3 is 2. The number of hydrogen-bond donors (Lipinski definition) is 1. The van der Waals surface area contributed by atoms with Gasteiger partial charge >= 0.3 is 5.97 Å². The van der Waals surface area contributed by atoms with Crippen molar-refractivity contribution >= 4 is 23.4 Å². The number of fused-ring (bicyclic) bond motifs is 6. The Morgan fingerprint density at radius 2 is 2.03 bits per heavy atom. The Bertz CT molecular complexity index is 1420. The van der Waals surface area contributed by atoms with Crippen LogP contribution in [0.25, 0.3) is 6.08 Å². The predicted molar refractivity (Wildman–Crippen MR) is 117 cm³/mol.